The van der Waals surface area contributed by atoms with Gasteiger partial charge < -0.3 is 15.5 Å². The minimum Gasteiger partial charge on any atom is -0.324 e. The molecule has 1 atom stereocenters. The van der Waals surface area contributed by atoms with Gasteiger partial charge in [0.1, 0.15) is 0 Å². The average Bonchev–Trinajstić information content (AvgIpc) is 3.29. The first-order valence-corrected chi connectivity index (χ1v) is 9.98. The van der Waals surface area contributed by atoms with Crippen molar-refractivity contribution in [2.75, 3.05) is 23.7 Å². The largest absolute Gasteiger partial charge is 0.324 e. The number of hydrogen-bond acceptors (Lipinski definition) is 4. The van der Waals surface area contributed by atoms with E-state index in [1.54, 1.807) is 40.3 Å². The summed E-state index contributed by atoms with van der Waals surface area (Å²) in [6.45, 7) is 3.01. The molecule has 2 aromatic heterocycles. The minimum absolute atomic E-state index is 0.100. The van der Waals surface area contributed by atoms with Gasteiger partial charge in [-0.15, -0.1) is 0 Å². The molecule has 0 aliphatic carbocycles. The number of likely N-dealkylation sites (tertiary alicyclic amines) is 1. The summed E-state index contributed by atoms with van der Waals surface area (Å²) in [5.74, 6) is 0.319. The first-order valence-electron chi connectivity index (χ1n) is 9.98. The molecule has 8 nitrogen and oxygen atoms in total. The summed E-state index contributed by atoms with van der Waals surface area (Å²) in [6.07, 6.45) is 6.63. The Morgan fingerprint density at radius 2 is 2.00 bits per heavy atom. The summed E-state index contributed by atoms with van der Waals surface area (Å²) < 4.78 is 1.65. The van der Waals surface area contributed by atoms with Gasteiger partial charge in [0.15, 0.2) is 5.82 Å². The maximum atomic E-state index is 12.7. The molecule has 1 aromatic carbocycles. The number of aromatic nitrogens is 3. The Labute approximate surface area is 174 Å². The molecule has 0 spiro atoms. The van der Waals surface area contributed by atoms with Crippen molar-refractivity contribution < 1.29 is 9.59 Å². The molecule has 1 saturated heterocycles. The molecule has 1 unspecified atom stereocenters. The third kappa shape index (κ3) is 4.65. The molecule has 3 aromatic rings. The number of rotatable bonds is 4. The third-order valence-corrected chi connectivity index (χ3v) is 5.10. The molecule has 1 aliphatic rings. The lowest BCUT2D eigenvalue weighted by Crippen LogP contribution is -2.45. The van der Waals surface area contributed by atoms with E-state index in [4.69, 9.17) is 0 Å². The van der Waals surface area contributed by atoms with E-state index in [1.807, 2.05) is 37.3 Å². The van der Waals surface area contributed by atoms with Gasteiger partial charge in [-0.05, 0) is 55.7 Å². The highest BCUT2D eigenvalue weighted by Crippen LogP contribution is 2.20. The Balaban J connectivity index is 1.34. The number of amides is 3. The highest BCUT2D eigenvalue weighted by Gasteiger charge is 2.28. The molecule has 4 rings (SSSR count). The van der Waals surface area contributed by atoms with Crippen molar-refractivity contribution in [2.24, 2.45) is 5.92 Å². The van der Waals surface area contributed by atoms with Gasteiger partial charge in [0, 0.05) is 31.2 Å². The van der Waals surface area contributed by atoms with E-state index in [-0.39, 0.29) is 17.9 Å². The maximum absolute atomic E-state index is 12.7. The summed E-state index contributed by atoms with van der Waals surface area (Å²) in [5.41, 5.74) is 2.46. The lowest BCUT2D eigenvalue weighted by atomic mass is 9.97. The lowest BCUT2D eigenvalue weighted by Gasteiger charge is -2.32. The number of carbonyl (C=O) groups is 2. The van der Waals surface area contributed by atoms with Crippen LogP contribution in [-0.4, -0.2) is 44.7 Å². The van der Waals surface area contributed by atoms with Gasteiger partial charge in [0.05, 0.1) is 17.8 Å². The summed E-state index contributed by atoms with van der Waals surface area (Å²) in [5, 5.41) is 9.96. The van der Waals surface area contributed by atoms with E-state index >= 15 is 0 Å². The van der Waals surface area contributed by atoms with Gasteiger partial charge in [-0.1, -0.05) is 12.1 Å². The zero-order valence-electron chi connectivity index (χ0n) is 16.8. The number of nitrogens with zero attached hydrogens (tertiary/aromatic N) is 4. The fourth-order valence-corrected chi connectivity index (χ4v) is 3.55. The fraction of sp³-hybridized carbons (Fsp3) is 0.273. The quantitative estimate of drug-likeness (QED) is 0.697. The van der Waals surface area contributed by atoms with Crippen LogP contribution in [0.15, 0.2) is 61.1 Å². The maximum Gasteiger partial charge on any atom is 0.321 e. The van der Waals surface area contributed by atoms with Gasteiger partial charge in [0.2, 0.25) is 5.91 Å². The topological polar surface area (TPSA) is 92.2 Å². The summed E-state index contributed by atoms with van der Waals surface area (Å²) in [6, 6.07) is 12.9. The van der Waals surface area contributed by atoms with Crippen molar-refractivity contribution in [2.45, 2.75) is 19.8 Å². The second kappa shape index (κ2) is 8.77. The van der Waals surface area contributed by atoms with Crippen molar-refractivity contribution in [1.82, 2.24) is 19.7 Å². The zero-order chi connectivity index (χ0) is 20.9. The number of nitrogens with one attached hydrogen (secondary N) is 2. The third-order valence-electron chi connectivity index (χ3n) is 5.10. The van der Waals surface area contributed by atoms with Crippen LogP contribution in [-0.2, 0) is 4.79 Å². The first-order chi connectivity index (χ1) is 14.6. The molecular formula is C22H24N6O2. The normalized spacial score (nSPS) is 16.2. The summed E-state index contributed by atoms with van der Waals surface area (Å²) >= 11 is 0. The molecule has 8 heteroatoms. The lowest BCUT2D eigenvalue weighted by molar-refractivity contribution is -0.121. The van der Waals surface area contributed by atoms with Crippen LogP contribution in [0.25, 0.3) is 5.82 Å². The van der Waals surface area contributed by atoms with Crippen LogP contribution >= 0.6 is 0 Å². The van der Waals surface area contributed by atoms with Crippen LogP contribution in [0.2, 0.25) is 0 Å². The van der Waals surface area contributed by atoms with Gasteiger partial charge in [-0.2, -0.15) is 5.10 Å². The first kappa shape index (κ1) is 19.6. The van der Waals surface area contributed by atoms with E-state index in [1.165, 1.54) is 0 Å². The Morgan fingerprint density at radius 3 is 2.73 bits per heavy atom. The SMILES string of the molecule is Cc1cccc(NC(=O)N2CCCC(C(=O)Nc3ccc(-n4cccn4)nc3)C2)c1. The number of aryl methyl sites for hydroxylation is 1. The zero-order valence-corrected chi connectivity index (χ0v) is 16.8. The molecule has 1 fully saturated rings. The van der Waals surface area contributed by atoms with Crippen molar-refractivity contribution in [3.05, 3.63) is 66.6 Å². The number of benzene rings is 1. The van der Waals surface area contributed by atoms with E-state index in [9.17, 15) is 9.59 Å². The Morgan fingerprint density at radius 1 is 1.10 bits per heavy atom. The predicted octanol–water partition coefficient (Wildman–Crippen LogP) is 3.46. The molecule has 0 saturated carbocycles. The van der Waals surface area contributed by atoms with Crippen molar-refractivity contribution >= 4 is 23.3 Å². The second-order valence-corrected chi connectivity index (χ2v) is 7.43. The van der Waals surface area contributed by atoms with E-state index in [0.29, 0.717) is 24.6 Å². The Hall–Kier alpha value is -3.68. The average molecular weight is 404 g/mol. The summed E-state index contributed by atoms with van der Waals surface area (Å²) in [4.78, 5) is 31.4. The highest BCUT2D eigenvalue weighted by molar-refractivity contribution is 5.94. The van der Waals surface area contributed by atoms with Crippen LogP contribution in [0, 0.1) is 12.8 Å². The number of pyridine rings is 1. The Kier molecular flexibility index (Phi) is 5.74. The molecule has 2 N–H and O–H groups in total. The number of carbonyl (C=O) groups excluding carboxylic acids is 2. The minimum atomic E-state index is -0.257. The van der Waals surface area contributed by atoms with Crippen molar-refractivity contribution in [3.63, 3.8) is 0 Å². The molecule has 1 aliphatic heterocycles. The number of hydrogen-bond donors (Lipinski definition) is 2. The monoisotopic (exact) mass is 404 g/mol. The van der Waals surface area contributed by atoms with Gasteiger partial charge in [-0.25, -0.2) is 14.5 Å². The highest BCUT2D eigenvalue weighted by atomic mass is 16.2. The molecule has 3 amide bonds. The molecule has 154 valence electrons. The predicted molar refractivity (Wildman–Crippen MR) is 114 cm³/mol. The molecular weight excluding hydrogens is 380 g/mol. The van der Waals surface area contributed by atoms with Crippen LogP contribution in [0.4, 0.5) is 16.2 Å². The molecule has 0 bridgehead atoms. The van der Waals surface area contributed by atoms with Crippen molar-refractivity contribution in [3.8, 4) is 5.82 Å². The van der Waals surface area contributed by atoms with Crippen LogP contribution in [0.3, 0.4) is 0 Å². The van der Waals surface area contributed by atoms with Crippen LogP contribution in [0.1, 0.15) is 18.4 Å². The molecule has 3 heterocycles. The van der Waals surface area contributed by atoms with Crippen LogP contribution < -0.4 is 10.6 Å². The van der Waals surface area contributed by atoms with Gasteiger partial charge in [-0.3, -0.25) is 4.79 Å². The van der Waals surface area contributed by atoms with E-state index in [2.05, 4.69) is 20.7 Å². The standard InChI is InChI=1S/C22H24N6O2/c1-16-5-2-7-18(13-16)26-22(30)27-11-3-6-17(15-27)21(29)25-19-8-9-20(23-14-19)28-12-4-10-24-28/h2,4-5,7-10,12-14,17H,3,6,11,15H2,1H3,(H,25,29)(H,26,30). The van der Waals surface area contributed by atoms with E-state index < -0.39 is 0 Å². The smallest absolute Gasteiger partial charge is 0.321 e. The number of urea groups is 1. The van der Waals surface area contributed by atoms with Gasteiger partial charge >= 0.3 is 6.03 Å². The Bertz CT molecular complexity index is 1020. The fourth-order valence-electron chi connectivity index (χ4n) is 3.55. The molecule has 30 heavy (non-hydrogen) atoms. The second-order valence-electron chi connectivity index (χ2n) is 7.43. The van der Waals surface area contributed by atoms with E-state index in [0.717, 1.165) is 24.1 Å². The van der Waals surface area contributed by atoms with Crippen molar-refractivity contribution in [1.29, 1.82) is 0 Å². The molecule has 0 radical (unpaired) electrons. The van der Waals surface area contributed by atoms with Crippen LogP contribution in [0.5, 0.6) is 0 Å². The van der Waals surface area contributed by atoms with Gasteiger partial charge in [0.25, 0.3) is 0 Å². The number of piperidine rings is 1. The summed E-state index contributed by atoms with van der Waals surface area (Å²) in [7, 11) is 0. The number of anilines is 2.